The van der Waals surface area contributed by atoms with Gasteiger partial charge in [-0.3, -0.25) is 0 Å². The van der Waals surface area contributed by atoms with Crippen molar-refractivity contribution in [1.82, 2.24) is 0 Å². The van der Waals surface area contributed by atoms with Gasteiger partial charge in [0.25, 0.3) is 0 Å². The molecule has 116 valence electrons. The Morgan fingerprint density at radius 1 is 1.09 bits per heavy atom. The van der Waals surface area contributed by atoms with Gasteiger partial charge in [0.2, 0.25) is 0 Å². The van der Waals surface area contributed by atoms with Crippen LogP contribution >= 0.6 is 23.3 Å². The summed E-state index contributed by atoms with van der Waals surface area (Å²) in [7, 11) is 0. The molecule has 0 saturated carbocycles. The fourth-order valence-electron chi connectivity index (χ4n) is 1.98. The largest absolute Gasteiger partial charge is 0.477 e. The molecule has 2 aromatic carbocycles. The number of rotatable bonds is 5. The molecule has 0 atom stereocenters. The lowest BCUT2D eigenvalue weighted by molar-refractivity contribution is 0.0703. The second kappa shape index (κ2) is 6.85. The Morgan fingerprint density at radius 3 is 2.43 bits per heavy atom. The summed E-state index contributed by atoms with van der Waals surface area (Å²) in [6.45, 7) is 0. The van der Waals surface area contributed by atoms with Gasteiger partial charge in [0.15, 0.2) is 0 Å². The van der Waals surface area contributed by atoms with Crippen LogP contribution in [0.3, 0.4) is 0 Å². The first-order valence-electron chi connectivity index (χ1n) is 6.74. The molecule has 0 radical (unpaired) electrons. The number of aromatic carboxylic acids is 1. The first-order chi connectivity index (χ1) is 11.1. The van der Waals surface area contributed by atoms with Gasteiger partial charge in [-0.25, -0.2) is 9.18 Å². The summed E-state index contributed by atoms with van der Waals surface area (Å²) in [5, 5.41) is 9.37. The number of hydrogen-bond donors (Lipinski definition) is 2. The molecule has 0 fully saturated rings. The summed E-state index contributed by atoms with van der Waals surface area (Å²) in [6.07, 6.45) is 0. The van der Waals surface area contributed by atoms with E-state index in [4.69, 9.17) is 0 Å². The van der Waals surface area contributed by atoms with E-state index in [0.29, 0.717) is 5.69 Å². The number of nitrogens with one attached hydrogen (secondary N) is 1. The molecule has 2 N–H and O–H groups in total. The van der Waals surface area contributed by atoms with E-state index in [0.717, 1.165) is 26.7 Å². The van der Waals surface area contributed by atoms with Gasteiger partial charge in [-0.15, -0.1) is 11.3 Å². The number of hydrogen-bond acceptors (Lipinski definition) is 4. The summed E-state index contributed by atoms with van der Waals surface area (Å²) in [5.74, 6) is -1.30. The number of carbonyl (C=O) groups is 1. The summed E-state index contributed by atoms with van der Waals surface area (Å²) in [6, 6.07) is 17.4. The van der Waals surface area contributed by atoms with Gasteiger partial charge in [-0.05, 0) is 47.8 Å². The lowest BCUT2D eigenvalue weighted by Crippen LogP contribution is -1.96. The van der Waals surface area contributed by atoms with Gasteiger partial charge in [0, 0.05) is 9.77 Å². The fraction of sp³-hybridized carbons (Fsp3) is 0. The maximum absolute atomic E-state index is 13.0. The highest BCUT2D eigenvalue weighted by Gasteiger charge is 2.16. The molecule has 0 bridgehead atoms. The first kappa shape index (κ1) is 15.6. The Morgan fingerprint density at radius 2 is 1.78 bits per heavy atom. The number of carboxylic acids is 1. The van der Waals surface area contributed by atoms with E-state index in [1.54, 1.807) is 18.2 Å². The van der Waals surface area contributed by atoms with Crippen LogP contribution in [0.15, 0.2) is 65.6 Å². The second-order valence-electron chi connectivity index (χ2n) is 4.68. The van der Waals surface area contributed by atoms with E-state index in [2.05, 4.69) is 4.72 Å². The predicted molar refractivity (Wildman–Crippen MR) is 92.6 cm³/mol. The highest BCUT2D eigenvalue weighted by Crippen LogP contribution is 2.36. The highest BCUT2D eigenvalue weighted by molar-refractivity contribution is 8.00. The van der Waals surface area contributed by atoms with Crippen LogP contribution in [0.4, 0.5) is 10.1 Å². The van der Waals surface area contributed by atoms with E-state index in [-0.39, 0.29) is 10.7 Å². The molecule has 23 heavy (non-hydrogen) atoms. The van der Waals surface area contributed by atoms with Crippen LogP contribution in [0.1, 0.15) is 9.67 Å². The van der Waals surface area contributed by atoms with Crippen LogP contribution in [0.5, 0.6) is 0 Å². The molecule has 1 heterocycles. The van der Waals surface area contributed by atoms with Crippen molar-refractivity contribution in [3.8, 4) is 10.4 Å². The Labute approximate surface area is 140 Å². The average Bonchev–Trinajstić information content (AvgIpc) is 2.99. The minimum atomic E-state index is -0.987. The molecule has 6 heteroatoms. The molecule has 0 amide bonds. The van der Waals surface area contributed by atoms with Gasteiger partial charge < -0.3 is 9.83 Å². The summed E-state index contributed by atoms with van der Waals surface area (Å²) in [5.41, 5.74) is 1.33. The topological polar surface area (TPSA) is 49.3 Å². The van der Waals surface area contributed by atoms with Gasteiger partial charge >= 0.3 is 5.97 Å². The number of carboxylic acid groups (broad SMARTS) is 1. The van der Waals surface area contributed by atoms with Crippen molar-refractivity contribution in [3.63, 3.8) is 0 Å². The molecule has 0 aliphatic heterocycles. The maximum atomic E-state index is 13.0. The molecule has 3 rings (SSSR count). The van der Waals surface area contributed by atoms with Crippen LogP contribution in [0.25, 0.3) is 10.4 Å². The van der Waals surface area contributed by atoms with Crippen molar-refractivity contribution in [2.45, 2.75) is 4.90 Å². The van der Waals surface area contributed by atoms with Crippen molar-refractivity contribution in [1.29, 1.82) is 0 Å². The zero-order chi connectivity index (χ0) is 16.2. The van der Waals surface area contributed by atoms with Crippen molar-refractivity contribution in [2.75, 3.05) is 4.72 Å². The lowest BCUT2D eigenvalue weighted by atomic mass is 10.2. The minimum absolute atomic E-state index is 0.229. The molecule has 0 aliphatic carbocycles. The van der Waals surface area contributed by atoms with Gasteiger partial charge in [-0.1, -0.05) is 30.3 Å². The number of anilines is 1. The fourth-order valence-corrected chi connectivity index (χ4v) is 3.69. The molecular formula is C17H12FNO2S2. The van der Waals surface area contributed by atoms with E-state index in [1.807, 2.05) is 30.3 Å². The van der Waals surface area contributed by atoms with E-state index >= 15 is 0 Å². The summed E-state index contributed by atoms with van der Waals surface area (Å²) >= 11 is 2.51. The van der Waals surface area contributed by atoms with Crippen molar-refractivity contribution >= 4 is 34.9 Å². The third kappa shape index (κ3) is 3.72. The smallest absolute Gasteiger partial charge is 0.348 e. The second-order valence-corrected chi connectivity index (χ2v) is 6.61. The molecule has 0 aliphatic rings. The monoisotopic (exact) mass is 345 g/mol. The first-order valence-corrected chi connectivity index (χ1v) is 8.38. The maximum Gasteiger partial charge on any atom is 0.348 e. The van der Waals surface area contributed by atoms with Crippen molar-refractivity contribution < 1.29 is 14.3 Å². The number of benzene rings is 2. The molecular weight excluding hydrogens is 333 g/mol. The molecule has 0 spiro atoms. The third-order valence-electron chi connectivity index (χ3n) is 3.08. The lowest BCUT2D eigenvalue weighted by Gasteiger charge is -2.04. The van der Waals surface area contributed by atoms with Crippen LogP contribution in [-0.4, -0.2) is 11.1 Å². The van der Waals surface area contributed by atoms with Crippen molar-refractivity contribution in [2.24, 2.45) is 0 Å². The number of thiophene rings is 1. The third-order valence-corrected chi connectivity index (χ3v) is 5.08. The van der Waals surface area contributed by atoms with Crippen LogP contribution in [0.2, 0.25) is 0 Å². The Kier molecular flexibility index (Phi) is 4.64. The van der Waals surface area contributed by atoms with Crippen LogP contribution < -0.4 is 4.72 Å². The average molecular weight is 345 g/mol. The van der Waals surface area contributed by atoms with Gasteiger partial charge in [0.05, 0.1) is 5.69 Å². The molecule has 1 aromatic heterocycles. The van der Waals surface area contributed by atoms with Gasteiger partial charge in [-0.2, -0.15) is 0 Å². The summed E-state index contributed by atoms with van der Waals surface area (Å²) in [4.78, 5) is 13.4. The predicted octanol–water partition coefficient (Wildman–Crippen LogP) is 5.37. The quantitative estimate of drug-likeness (QED) is 0.610. The van der Waals surface area contributed by atoms with Crippen LogP contribution in [0, 0.1) is 5.82 Å². The molecule has 3 nitrogen and oxygen atoms in total. The number of halogens is 1. The standard InChI is InChI=1S/C17H12FNO2S2/c18-12-8-6-11(7-9-12)15-10-14(16(22-15)17(20)21)19-23-13-4-2-1-3-5-13/h1-10,19H,(H,20,21). The zero-order valence-electron chi connectivity index (χ0n) is 11.8. The van der Waals surface area contributed by atoms with E-state index < -0.39 is 5.97 Å². The zero-order valence-corrected chi connectivity index (χ0v) is 13.5. The van der Waals surface area contributed by atoms with Crippen LogP contribution in [-0.2, 0) is 0 Å². The van der Waals surface area contributed by atoms with Crippen molar-refractivity contribution in [3.05, 3.63) is 71.4 Å². The Bertz CT molecular complexity index is 816. The Balaban J connectivity index is 1.87. The summed E-state index contributed by atoms with van der Waals surface area (Å²) < 4.78 is 16.1. The minimum Gasteiger partial charge on any atom is -0.477 e. The molecule has 0 saturated heterocycles. The van der Waals surface area contributed by atoms with E-state index in [1.165, 1.54) is 24.1 Å². The molecule has 0 unspecified atom stereocenters. The SMILES string of the molecule is O=C(O)c1sc(-c2ccc(F)cc2)cc1NSc1ccccc1. The van der Waals surface area contributed by atoms with Gasteiger partial charge in [0.1, 0.15) is 10.7 Å². The normalized spacial score (nSPS) is 10.5. The highest BCUT2D eigenvalue weighted by atomic mass is 32.2. The molecule has 3 aromatic rings. The Hall–Kier alpha value is -2.31. The van der Waals surface area contributed by atoms with E-state index in [9.17, 15) is 14.3 Å².